The van der Waals surface area contributed by atoms with E-state index < -0.39 is 0 Å². The van der Waals surface area contributed by atoms with Gasteiger partial charge in [0.15, 0.2) is 0 Å². The summed E-state index contributed by atoms with van der Waals surface area (Å²) in [7, 11) is 1.60. The maximum Gasteiger partial charge on any atom is 0.221 e. The monoisotopic (exact) mass is 237 g/mol. The van der Waals surface area contributed by atoms with Crippen LogP contribution in [-0.4, -0.2) is 31.1 Å². The Morgan fingerprint density at radius 2 is 2.24 bits per heavy atom. The minimum absolute atomic E-state index is 0.0628. The van der Waals surface area contributed by atoms with Gasteiger partial charge in [-0.25, -0.2) is 4.98 Å². The van der Waals surface area contributed by atoms with E-state index in [1.807, 2.05) is 19.1 Å². The van der Waals surface area contributed by atoms with Gasteiger partial charge in [0.1, 0.15) is 11.6 Å². The smallest absolute Gasteiger partial charge is 0.221 e. The molecule has 0 radical (unpaired) electrons. The molecular weight excluding hydrogens is 218 g/mol. The van der Waals surface area contributed by atoms with Gasteiger partial charge in [-0.3, -0.25) is 4.79 Å². The van der Waals surface area contributed by atoms with Crippen LogP contribution in [0.5, 0.6) is 5.75 Å². The van der Waals surface area contributed by atoms with Crippen LogP contribution in [0.25, 0.3) is 0 Å². The highest BCUT2D eigenvalue weighted by Crippen LogP contribution is 2.10. The van der Waals surface area contributed by atoms with E-state index in [0.717, 1.165) is 24.5 Å². The first-order valence-electron chi connectivity index (χ1n) is 5.77. The second kappa shape index (κ2) is 7.49. The number of hydrogen-bond acceptors (Lipinski definition) is 4. The van der Waals surface area contributed by atoms with E-state index in [1.54, 1.807) is 13.3 Å². The van der Waals surface area contributed by atoms with Crippen LogP contribution in [0.15, 0.2) is 18.3 Å². The van der Waals surface area contributed by atoms with E-state index >= 15 is 0 Å². The number of carbonyl (C=O) groups excluding carboxylic acids is 1. The summed E-state index contributed by atoms with van der Waals surface area (Å²) in [6.45, 7) is 3.34. The maximum atomic E-state index is 11.3. The Labute approximate surface area is 102 Å². The summed E-state index contributed by atoms with van der Waals surface area (Å²) in [6, 6.07) is 3.65. The third-order valence-corrected chi connectivity index (χ3v) is 2.20. The number of methoxy groups -OCH3 is 1. The molecule has 1 heterocycles. The predicted molar refractivity (Wildman–Crippen MR) is 67.2 cm³/mol. The van der Waals surface area contributed by atoms with E-state index in [2.05, 4.69) is 15.6 Å². The first-order valence-corrected chi connectivity index (χ1v) is 5.77. The average molecular weight is 237 g/mol. The molecule has 0 atom stereocenters. The molecule has 1 aromatic heterocycles. The molecule has 94 valence electrons. The molecule has 17 heavy (non-hydrogen) atoms. The molecule has 0 fully saturated rings. The van der Waals surface area contributed by atoms with Crippen molar-refractivity contribution in [2.75, 3.05) is 25.5 Å². The predicted octanol–water partition coefficient (Wildman–Crippen LogP) is 1.42. The number of pyridine rings is 1. The lowest BCUT2D eigenvalue weighted by molar-refractivity contribution is -0.120. The molecule has 1 amide bonds. The first-order chi connectivity index (χ1) is 8.26. The number of ether oxygens (including phenoxy) is 1. The van der Waals surface area contributed by atoms with Gasteiger partial charge in [-0.05, 0) is 18.6 Å². The van der Waals surface area contributed by atoms with Crippen molar-refractivity contribution in [3.63, 3.8) is 0 Å². The second-order valence-corrected chi connectivity index (χ2v) is 3.61. The molecule has 0 aliphatic rings. The van der Waals surface area contributed by atoms with Gasteiger partial charge in [0.2, 0.25) is 5.91 Å². The van der Waals surface area contributed by atoms with Crippen molar-refractivity contribution in [1.29, 1.82) is 0 Å². The topological polar surface area (TPSA) is 63.2 Å². The zero-order chi connectivity index (χ0) is 12.5. The number of aromatic nitrogens is 1. The fourth-order valence-electron chi connectivity index (χ4n) is 1.26. The van der Waals surface area contributed by atoms with Crippen molar-refractivity contribution < 1.29 is 9.53 Å². The van der Waals surface area contributed by atoms with Crippen LogP contribution < -0.4 is 15.4 Å². The number of nitrogens with zero attached hydrogens (tertiary/aromatic N) is 1. The van der Waals surface area contributed by atoms with Crippen molar-refractivity contribution in [3.05, 3.63) is 18.3 Å². The molecule has 0 aromatic carbocycles. The summed E-state index contributed by atoms with van der Waals surface area (Å²) in [6.07, 6.45) is 3.05. The van der Waals surface area contributed by atoms with Crippen LogP contribution in [0.2, 0.25) is 0 Å². The van der Waals surface area contributed by atoms with Gasteiger partial charge in [-0.15, -0.1) is 0 Å². The maximum absolute atomic E-state index is 11.3. The number of anilines is 1. The van der Waals surface area contributed by atoms with Crippen LogP contribution in [0.1, 0.15) is 19.8 Å². The summed E-state index contributed by atoms with van der Waals surface area (Å²) in [5.41, 5.74) is 0. The Balaban J connectivity index is 2.23. The highest BCUT2D eigenvalue weighted by Gasteiger charge is 2.00. The molecule has 0 aliphatic carbocycles. The Morgan fingerprint density at radius 1 is 1.41 bits per heavy atom. The van der Waals surface area contributed by atoms with E-state index in [-0.39, 0.29) is 5.91 Å². The molecule has 0 saturated heterocycles. The molecule has 0 saturated carbocycles. The Hall–Kier alpha value is -1.78. The summed E-state index contributed by atoms with van der Waals surface area (Å²) in [5.74, 6) is 1.53. The molecule has 0 spiro atoms. The zero-order valence-corrected chi connectivity index (χ0v) is 10.3. The second-order valence-electron chi connectivity index (χ2n) is 3.61. The highest BCUT2D eigenvalue weighted by atomic mass is 16.5. The number of nitrogens with one attached hydrogen (secondary N) is 2. The van der Waals surface area contributed by atoms with Gasteiger partial charge in [0.25, 0.3) is 0 Å². The molecular formula is C12H19N3O2. The van der Waals surface area contributed by atoms with Crippen molar-refractivity contribution >= 4 is 11.7 Å². The summed E-state index contributed by atoms with van der Waals surface area (Å²) < 4.78 is 5.00. The van der Waals surface area contributed by atoms with Crippen molar-refractivity contribution in [2.24, 2.45) is 0 Å². The van der Waals surface area contributed by atoms with Gasteiger partial charge in [-0.1, -0.05) is 6.92 Å². The van der Waals surface area contributed by atoms with E-state index in [1.165, 1.54) is 0 Å². The van der Waals surface area contributed by atoms with Gasteiger partial charge in [0.05, 0.1) is 13.3 Å². The molecule has 5 nitrogen and oxygen atoms in total. The van der Waals surface area contributed by atoms with Crippen LogP contribution in [-0.2, 0) is 4.79 Å². The summed E-state index contributed by atoms with van der Waals surface area (Å²) in [4.78, 5) is 15.4. The summed E-state index contributed by atoms with van der Waals surface area (Å²) >= 11 is 0. The standard InChI is InChI=1S/C12H19N3O2/c1-3-7-14-12(16)6-8-13-11-5-4-10(17-2)9-15-11/h4-5,9H,3,6-8H2,1-2H3,(H,13,15)(H,14,16). The van der Waals surface area contributed by atoms with Gasteiger partial charge in [-0.2, -0.15) is 0 Å². The lowest BCUT2D eigenvalue weighted by Crippen LogP contribution is -2.25. The van der Waals surface area contributed by atoms with Gasteiger partial charge >= 0.3 is 0 Å². The minimum atomic E-state index is 0.0628. The van der Waals surface area contributed by atoms with Gasteiger partial charge < -0.3 is 15.4 Å². The molecule has 0 aliphatic heterocycles. The largest absolute Gasteiger partial charge is 0.495 e. The fourth-order valence-corrected chi connectivity index (χ4v) is 1.26. The van der Waals surface area contributed by atoms with Crippen LogP contribution in [0, 0.1) is 0 Å². The van der Waals surface area contributed by atoms with Gasteiger partial charge in [0, 0.05) is 19.5 Å². The SMILES string of the molecule is CCCNC(=O)CCNc1ccc(OC)cn1. The Bertz CT molecular complexity index is 338. The van der Waals surface area contributed by atoms with Crippen LogP contribution in [0.4, 0.5) is 5.82 Å². The van der Waals surface area contributed by atoms with E-state index in [0.29, 0.717) is 13.0 Å². The Kier molecular flexibility index (Phi) is 5.85. The number of carbonyl (C=O) groups is 1. The zero-order valence-electron chi connectivity index (χ0n) is 10.3. The molecule has 2 N–H and O–H groups in total. The molecule has 1 aromatic rings. The summed E-state index contributed by atoms with van der Waals surface area (Å²) in [5, 5.41) is 5.89. The quantitative estimate of drug-likeness (QED) is 0.752. The number of hydrogen-bond donors (Lipinski definition) is 2. The number of amides is 1. The lowest BCUT2D eigenvalue weighted by atomic mass is 10.3. The fraction of sp³-hybridized carbons (Fsp3) is 0.500. The Morgan fingerprint density at radius 3 is 2.82 bits per heavy atom. The lowest BCUT2D eigenvalue weighted by Gasteiger charge is -2.06. The molecule has 1 rings (SSSR count). The van der Waals surface area contributed by atoms with Crippen LogP contribution >= 0.6 is 0 Å². The number of rotatable bonds is 7. The van der Waals surface area contributed by atoms with Crippen molar-refractivity contribution in [3.8, 4) is 5.75 Å². The van der Waals surface area contributed by atoms with E-state index in [4.69, 9.17) is 4.74 Å². The average Bonchev–Trinajstić information content (AvgIpc) is 2.37. The first kappa shape index (κ1) is 13.3. The molecule has 0 bridgehead atoms. The van der Waals surface area contributed by atoms with Crippen LogP contribution in [0.3, 0.4) is 0 Å². The van der Waals surface area contributed by atoms with Crippen molar-refractivity contribution in [1.82, 2.24) is 10.3 Å². The van der Waals surface area contributed by atoms with E-state index in [9.17, 15) is 4.79 Å². The molecule has 0 unspecified atom stereocenters. The van der Waals surface area contributed by atoms with Crippen molar-refractivity contribution in [2.45, 2.75) is 19.8 Å². The highest BCUT2D eigenvalue weighted by molar-refractivity contribution is 5.76. The third-order valence-electron chi connectivity index (χ3n) is 2.20. The third kappa shape index (κ3) is 5.19. The normalized spacial score (nSPS) is 9.76. The molecule has 5 heteroatoms. The minimum Gasteiger partial charge on any atom is -0.495 e.